The van der Waals surface area contributed by atoms with Crippen molar-refractivity contribution in [1.82, 2.24) is 5.16 Å². The second-order valence-electron chi connectivity index (χ2n) is 3.75. The van der Waals surface area contributed by atoms with Crippen LogP contribution in [0.3, 0.4) is 0 Å². The summed E-state index contributed by atoms with van der Waals surface area (Å²) in [5.74, 6) is 1.25. The first-order valence-corrected chi connectivity index (χ1v) is 5.62. The molecule has 1 unspecified atom stereocenters. The maximum absolute atomic E-state index is 6.09. The van der Waals surface area contributed by atoms with E-state index in [-0.39, 0.29) is 6.04 Å². The van der Waals surface area contributed by atoms with Gasteiger partial charge in [0.15, 0.2) is 5.76 Å². The standard InChI is InChI=1S/C12H13ClN2O2/c1-8(14)9-2-3-12(11(13)6-9)16-7-10-4-5-15-17-10/h2-6,8H,7,14H2,1H3. The molecule has 1 aromatic carbocycles. The number of hydrogen-bond acceptors (Lipinski definition) is 4. The first kappa shape index (κ1) is 12.0. The number of nitrogens with two attached hydrogens (primary N) is 1. The molecule has 0 fully saturated rings. The molecule has 0 radical (unpaired) electrons. The predicted molar refractivity (Wildman–Crippen MR) is 64.9 cm³/mol. The maximum Gasteiger partial charge on any atom is 0.174 e. The van der Waals surface area contributed by atoms with Crippen LogP contribution in [0, 0.1) is 0 Å². The Hall–Kier alpha value is -1.52. The highest BCUT2D eigenvalue weighted by Crippen LogP contribution is 2.27. The molecule has 5 heteroatoms. The quantitative estimate of drug-likeness (QED) is 0.909. The number of aromatic nitrogens is 1. The van der Waals surface area contributed by atoms with E-state index in [0.29, 0.717) is 23.1 Å². The summed E-state index contributed by atoms with van der Waals surface area (Å²) in [6, 6.07) is 7.20. The molecule has 1 atom stereocenters. The highest BCUT2D eigenvalue weighted by atomic mass is 35.5. The largest absolute Gasteiger partial charge is 0.484 e. The topological polar surface area (TPSA) is 61.3 Å². The lowest BCUT2D eigenvalue weighted by molar-refractivity contribution is 0.249. The van der Waals surface area contributed by atoms with Crippen LogP contribution in [0.2, 0.25) is 5.02 Å². The van der Waals surface area contributed by atoms with E-state index in [9.17, 15) is 0 Å². The number of rotatable bonds is 4. The SMILES string of the molecule is CC(N)c1ccc(OCc2ccno2)c(Cl)c1. The maximum atomic E-state index is 6.09. The fourth-order valence-corrected chi connectivity index (χ4v) is 1.63. The fourth-order valence-electron chi connectivity index (χ4n) is 1.38. The van der Waals surface area contributed by atoms with Crippen molar-refractivity contribution in [2.75, 3.05) is 0 Å². The Bertz CT molecular complexity index is 483. The van der Waals surface area contributed by atoms with Crippen molar-refractivity contribution in [3.05, 3.63) is 46.8 Å². The van der Waals surface area contributed by atoms with Gasteiger partial charge in [-0.3, -0.25) is 0 Å². The van der Waals surface area contributed by atoms with Gasteiger partial charge in [-0.2, -0.15) is 0 Å². The normalized spacial score (nSPS) is 12.4. The zero-order valence-electron chi connectivity index (χ0n) is 9.39. The Morgan fingerprint density at radius 2 is 2.29 bits per heavy atom. The van der Waals surface area contributed by atoms with E-state index in [2.05, 4.69) is 5.16 Å². The van der Waals surface area contributed by atoms with Crippen molar-refractivity contribution >= 4 is 11.6 Å². The average Bonchev–Trinajstić information content (AvgIpc) is 2.80. The molecule has 2 aromatic rings. The van der Waals surface area contributed by atoms with Crippen molar-refractivity contribution in [3.63, 3.8) is 0 Å². The van der Waals surface area contributed by atoms with Crippen LogP contribution in [0.1, 0.15) is 24.3 Å². The van der Waals surface area contributed by atoms with Gasteiger partial charge in [0, 0.05) is 12.1 Å². The van der Waals surface area contributed by atoms with Gasteiger partial charge in [0.2, 0.25) is 0 Å². The number of nitrogens with zero attached hydrogens (tertiary/aromatic N) is 1. The van der Waals surface area contributed by atoms with Gasteiger partial charge in [-0.05, 0) is 24.6 Å². The summed E-state index contributed by atoms with van der Waals surface area (Å²) in [5, 5.41) is 4.13. The Labute approximate surface area is 104 Å². The van der Waals surface area contributed by atoms with Gasteiger partial charge >= 0.3 is 0 Å². The van der Waals surface area contributed by atoms with Gasteiger partial charge in [0.05, 0.1) is 11.2 Å². The van der Waals surface area contributed by atoms with E-state index in [0.717, 1.165) is 5.56 Å². The smallest absolute Gasteiger partial charge is 0.174 e. The lowest BCUT2D eigenvalue weighted by Crippen LogP contribution is -2.05. The number of ether oxygens (including phenoxy) is 1. The zero-order chi connectivity index (χ0) is 12.3. The van der Waals surface area contributed by atoms with Crippen molar-refractivity contribution in [3.8, 4) is 5.75 Å². The van der Waals surface area contributed by atoms with Gasteiger partial charge in [0.1, 0.15) is 12.4 Å². The molecular weight excluding hydrogens is 240 g/mol. The van der Waals surface area contributed by atoms with E-state index in [1.54, 1.807) is 18.3 Å². The van der Waals surface area contributed by atoms with Crippen LogP contribution in [0.5, 0.6) is 5.75 Å². The fraction of sp³-hybridized carbons (Fsp3) is 0.250. The molecule has 0 aliphatic rings. The van der Waals surface area contributed by atoms with Crippen molar-refractivity contribution in [2.45, 2.75) is 19.6 Å². The molecule has 2 rings (SSSR count). The molecule has 0 aliphatic carbocycles. The summed E-state index contributed by atoms with van der Waals surface area (Å²) in [7, 11) is 0. The minimum absolute atomic E-state index is 0.0455. The lowest BCUT2D eigenvalue weighted by Gasteiger charge is -2.10. The third-order valence-electron chi connectivity index (χ3n) is 2.34. The van der Waals surface area contributed by atoms with Crippen LogP contribution in [0.25, 0.3) is 0 Å². The molecule has 17 heavy (non-hydrogen) atoms. The molecule has 0 saturated heterocycles. The van der Waals surface area contributed by atoms with Crippen LogP contribution in [-0.2, 0) is 6.61 Å². The van der Waals surface area contributed by atoms with Gasteiger partial charge in [-0.25, -0.2) is 0 Å². The van der Waals surface area contributed by atoms with E-state index in [1.165, 1.54) is 0 Å². The minimum Gasteiger partial charge on any atom is -0.484 e. The zero-order valence-corrected chi connectivity index (χ0v) is 10.1. The first-order valence-electron chi connectivity index (χ1n) is 5.24. The van der Waals surface area contributed by atoms with E-state index >= 15 is 0 Å². The molecular formula is C12H13ClN2O2. The molecule has 1 heterocycles. The molecule has 0 spiro atoms. The second-order valence-corrected chi connectivity index (χ2v) is 4.15. The molecule has 0 bridgehead atoms. The molecule has 2 N–H and O–H groups in total. The Kier molecular flexibility index (Phi) is 3.66. The van der Waals surface area contributed by atoms with E-state index in [4.69, 9.17) is 26.6 Å². The summed E-state index contributed by atoms with van der Waals surface area (Å²) < 4.78 is 10.4. The van der Waals surface area contributed by atoms with E-state index < -0.39 is 0 Å². The molecule has 0 saturated carbocycles. The van der Waals surface area contributed by atoms with Crippen LogP contribution in [-0.4, -0.2) is 5.16 Å². The van der Waals surface area contributed by atoms with Crippen molar-refractivity contribution in [2.24, 2.45) is 5.73 Å². The Morgan fingerprint density at radius 1 is 1.47 bits per heavy atom. The minimum atomic E-state index is -0.0455. The number of benzene rings is 1. The molecule has 0 amide bonds. The third-order valence-corrected chi connectivity index (χ3v) is 2.64. The number of hydrogen-bond donors (Lipinski definition) is 1. The molecule has 90 valence electrons. The Morgan fingerprint density at radius 3 is 2.88 bits per heavy atom. The lowest BCUT2D eigenvalue weighted by atomic mass is 10.1. The first-order chi connectivity index (χ1) is 8.16. The van der Waals surface area contributed by atoms with Crippen LogP contribution in [0.15, 0.2) is 35.0 Å². The molecule has 4 nitrogen and oxygen atoms in total. The molecule has 1 aromatic heterocycles. The summed E-state index contributed by atoms with van der Waals surface area (Å²) in [6.45, 7) is 2.21. The monoisotopic (exact) mass is 252 g/mol. The van der Waals surface area contributed by atoms with Gasteiger partial charge in [0.25, 0.3) is 0 Å². The Balaban J connectivity index is 2.06. The van der Waals surface area contributed by atoms with Gasteiger partial charge in [-0.1, -0.05) is 22.8 Å². The summed E-state index contributed by atoms with van der Waals surface area (Å²) in [4.78, 5) is 0. The van der Waals surface area contributed by atoms with Crippen molar-refractivity contribution in [1.29, 1.82) is 0 Å². The summed E-state index contributed by atoms with van der Waals surface area (Å²) >= 11 is 6.09. The summed E-state index contributed by atoms with van der Waals surface area (Å²) in [5.41, 5.74) is 6.74. The molecule has 0 aliphatic heterocycles. The highest BCUT2D eigenvalue weighted by Gasteiger charge is 2.07. The number of halogens is 1. The predicted octanol–water partition coefficient (Wildman–Crippen LogP) is 2.93. The second kappa shape index (κ2) is 5.21. The van der Waals surface area contributed by atoms with Crippen LogP contribution < -0.4 is 10.5 Å². The van der Waals surface area contributed by atoms with Crippen molar-refractivity contribution < 1.29 is 9.26 Å². The van der Waals surface area contributed by atoms with Gasteiger partial charge in [-0.15, -0.1) is 0 Å². The van der Waals surface area contributed by atoms with Gasteiger partial charge < -0.3 is 15.0 Å². The van der Waals surface area contributed by atoms with Crippen LogP contribution in [0.4, 0.5) is 0 Å². The van der Waals surface area contributed by atoms with Crippen LogP contribution >= 0.6 is 11.6 Å². The average molecular weight is 253 g/mol. The summed E-state index contributed by atoms with van der Waals surface area (Å²) in [6.07, 6.45) is 1.57. The highest BCUT2D eigenvalue weighted by molar-refractivity contribution is 6.32. The third kappa shape index (κ3) is 2.99. The van der Waals surface area contributed by atoms with E-state index in [1.807, 2.05) is 19.1 Å².